The van der Waals surface area contributed by atoms with E-state index in [2.05, 4.69) is 26.1 Å². The molecule has 0 N–H and O–H groups in total. The maximum Gasteiger partial charge on any atom is 0.222 e. The van der Waals surface area contributed by atoms with Gasteiger partial charge in [-0.15, -0.1) is 0 Å². The van der Waals surface area contributed by atoms with E-state index in [1.54, 1.807) is 0 Å². The number of hydrogen-bond donors (Lipinski definition) is 1. The predicted molar refractivity (Wildman–Crippen MR) is 71.8 cm³/mol. The van der Waals surface area contributed by atoms with E-state index >= 15 is 0 Å². The molecular formula is C13H23NOS. The molecule has 1 rings (SSSR count). The van der Waals surface area contributed by atoms with Gasteiger partial charge in [-0.25, -0.2) is 0 Å². The van der Waals surface area contributed by atoms with Gasteiger partial charge >= 0.3 is 0 Å². The zero-order valence-electron chi connectivity index (χ0n) is 10.2. The van der Waals surface area contributed by atoms with E-state index in [9.17, 15) is 4.79 Å². The van der Waals surface area contributed by atoms with E-state index in [0.717, 1.165) is 30.9 Å². The monoisotopic (exact) mass is 241 g/mol. The van der Waals surface area contributed by atoms with Crippen molar-refractivity contribution < 1.29 is 4.79 Å². The van der Waals surface area contributed by atoms with Gasteiger partial charge < -0.3 is 4.90 Å². The van der Waals surface area contributed by atoms with Crippen molar-refractivity contribution >= 4 is 18.5 Å². The van der Waals surface area contributed by atoms with E-state index in [0.29, 0.717) is 24.6 Å². The molecule has 1 unspecified atom stereocenters. The van der Waals surface area contributed by atoms with Gasteiger partial charge in [-0.1, -0.05) is 26.3 Å². The van der Waals surface area contributed by atoms with Crippen LogP contribution in [0.2, 0.25) is 0 Å². The number of likely N-dealkylation sites (tertiary alicyclic amines) is 1. The summed E-state index contributed by atoms with van der Waals surface area (Å²) in [6.45, 7) is 7.73. The molecule has 0 spiro atoms. The van der Waals surface area contributed by atoms with Crippen molar-refractivity contribution in [3.8, 4) is 0 Å². The Bertz CT molecular complexity index is 252. The Kier molecular flexibility index (Phi) is 5.96. The van der Waals surface area contributed by atoms with Gasteiger partial charge in [-0.05, 0) is 24.3 Å². The third-order valence-corrected chi connectivity index (χ3v) is 3.71. The molecule has 1 heterocycles. The van der Waals surface area contributed by atoms with E-state index < -0.39 is 0 Å². The van der Waals surface area contributed by atoms with Crippen LogP contribution in [0.1, 0.15) is 39.0 Å². The molecule has 1 aliphatic heterocycles. The summed E-state index contributed by atoms with van der Waals surface area (Å²) in [6.07, 6.45) is 5.41. The number of nitrogens with zero attached hydrogens (tertiary/aromatic N) is 1. The number of rotatable bonds is 5. The van der Waals surface area contributed by atoms with Crippen molar-refractivity contribution in [1.29, 1.82) is 0 Å². The summed E-state index contributed by atoms with van der Waals surface area (Å²) in [4.78, 5) is 13.8. The van der Waals surface area contributed by atoms with E-state index in [1.165, 1.54) is 12.8 Å². The van der Waals surface area contributed by atoms with Crippen molar-refractivity contribution in [2.24, 2.45) is 5.92 Å². The standard InChI is InChI=1S/C13H23NOS/c1-3-4-12-5-6-13(15)14(8-7-12)9-11(2)10-16/h12,16H,2-10H2,1H3. The molecule has 2 nitrogen and oxygen atoms in total. The van der Waals surface area contributed by atoms with Crippen LogP contribution in [0.4, 0.5) is 0 Å². The molecule has 1 fully saturated rings. The van der Waals surface area contributed by atoms with Gasteiger partial charge in [0.1, 0.15) is 0 Å². The number of carbonyl (C=O) groups is 1. The van der Waals surface area contributed by atoms with Gasteiger partial charge in [0.05, 0.1) is 0 Å². The first-order valence-corrected chi connectivity index (χ1v) is 6.85. The van der Waals surface area contributed by atoms with E-state index in [-0.39, 0.29) is 0 Å². The molecule has 0 aliphatic carbocycles. The third-order valence-electron chi connectivity index (χ3n) is 3.26. The van der Waals surface area contributed by atoms with E-state index in [4.69, 9.17) is 0 Å². The van der Waals surface area contributed by atoms with Gasteiger partial charge in [0.15, 0.2) is 0 Å². The highest BCUT2D eigenvalue weighted by Gasteiger charge is 2.21. The quantitative estimate of drug-likeness (QED) is 0.579. The van der Waals surface area contributed by atoms with Crippen molar-refractivity contribution in [2.45, 2.75) is 39.0 Å². The number of carbonyl (C=O) groups excluding carboxylic acids is 1. The van der Waals surface area contributed by atoms with Crippen molar-refractivity contribution in [3.63, 3.8) is 0 Å². The average molecular weight is 241 g/mol. The van der Waals surface area contributed by atoms with Gasteiger partial charge in [0.25, 0.3) is 0 Å². The Morgan fingerprint density at radius 3 is 2.94 bits per heavy atom. The SMILES string of the molecule is C=C(CS)CN1CCC(CCC)CCC1=O. The Morgan fingerprint density at radius 1 is 1.56 bits per heavy atom. The molecular weight excluding hydrogens is 218 g/mol. The summed E-state index contributed by atoms with van der Waals surface area (Å²) >= 11 is 4.19. The van der Waals surface area contributed by atoms with Crippen LogP contribution in [0.25, 0.3) is 0 Å². The number of thiol groups is 1. The number of amides is 1. The summed E-state index contributed by atoms with van der Waals surface area (Å²) in [5, 5.41) is 0. The second kappa shape index (κ2) is 7.00. The molecule has 0 bridgehead atoms. The minimum absolute atomic E-state index is 0.293. The average Bonchev–Trinajstić information content (AvgIpc) is 2.44. The minimum atomic E-state index is 0.293. The van der Waals surface area contributed by atoms with Crippen LogP contribution < -0.4 is 0 Å². The smallest absolute Gasteiger partial charge is 0.222 e. The van der Waals surface area contributed by atoms with Crippen LogP contribution in [0.3, 0.4) is 0 Å². The molecule has 0 aromatic heterocycles. The molecule has 0 aromatic rings. The first kappa shape index (κ1) is 13.6. The highest BCUT2D eigenvalue weighted by molar-refractivity contribution is 7.80. The summed E-state index contributed by atoms with van der Waals surface area (Å²) in [6, 6.07) is 0. The maximum absolute atomic E-state index is 11.9. The Balaban J connectivity index is 2.47. The Morgan fingerprint density at radius 2 is 2.31 bits per heavy atom. The van der Waals surface area contributed by atoms with Gasteiger partial charge in [0, 0.05) is 25.3 Å². The van der Waals surface area contributed by atoms with Crippen LogP contribution in [-0.2, 0) is 4.79 Å². The zero-order chi connectivity index (χ0) is 12.0. The minimum Gasteiger partial charge on any atom is -0.339 e. The lowest BCUT2D eigenvalue weighted by atomic mass is 9.96. The maximum atomic E-state index is 11.9. The normalized spacial score (nSPS) is 22.0. The van der Waals surface area contributed by atoms with Crippen molar-refractivity contribution in [2.75, 3.05) is 18.8 Å². The second-order valence-corrected chi connectivity index (χ2v) is 5.02. The van der Waals surface area contributed by atoms with Crippen molar-refractivity contribution in [3.05, 3.63) is 12.2 Å². The summed E-state index contributed by atoms with van der Waals surface area (Å²) in [5.41, 5.74) is 1.03. The fourth-order valence-electron chi connectivity index (χ4n) is 2.28. The molecule has 1 amide bonds. The molecule has 3 heteroatoms. The van der Waals surface area contributed by atoms with Crippen LogP contribution in [0.15, 0.2) is 12.2 Å². The van der Waals surface area contributed by atoms with Gasteiger partial charge in [0.2, 0.25) is 5.91 Å². The summed E-state index contributed by atoms with van der Waals surface area (Å²) < 4.78 is 0. The molecule has 1 aliphatic rings. The largest absolute Gasteiger partial charge is 0.339 e. The molecule has 1 saturated heterocycles. The first-order valence-electron chi connectivity index (χ1n) is 6.22. The second-order valence-electron chi connectivity index (χ2n) is 4.71. The Hall–Kier alpha value is -0.440. The summed E-state index contributed by atoms with van der Waals surface area (Å²) in [7, 11) is 0. The van der Waals surface area contributed by atoms with Crippen LogP contribution in [0, 0.1) is 5.92 Å². The lowest BCUT2D eigenvalue weighted by molar-refractivity contribution is -0.130. The molecule has 0 aromatic carbocycles. The Labute approximate surface area is 104 Å². The fourth-order valence-corrected chi connectivity index (χ4v) is 2.38. The van der Waals surface area contributed by atoms with Crippen LogP contribution >= 0.6 is 12.6 Å². The molecule has 92 valence electrons. The van der Waals surface area contributed by atoms with Crippen LogP contribution in [-0.4, -0.2) is 29.6 Å². The predicted octanol–water partition coefficient (Wildman–Crippen LogP) is 2.90. The first-order chi connectivity index (χ1) is 7.67. The topological polar surface area (TPSA) is 20.3 Å². The van der Waals surface area contributed by atoms with Gasteiger partial charge in [-0.3, -0.25) is 4.79 Å². The zero-order valence-corrected chi connectivity index (χ0v) is 11.1. The van der Waals surface area contributed by atoms with Crippen molar-refractivity contribution in [1.82, 2.24) is 4.90 Å². The highest BCUT2D eigenvalue weighted by atomic mass is 32.1. The number of hydrogen-bond acceptors (Lipinski definition) is 2. The molecule has 0 radical (unpaired) electrons. The van der Waals surface area contributed by atoms with Gasteiger partial charge in [-0.2, -0.15) is 12.6 Å². The third kappa shape index (κ3) is 4.20. The lowest BCUT2D eigenvalue weighted by Crippen LogP contribution is -2.32. The molecule has 0 saturated carbocycles. The summed E-state index contributed by atoms with van der Waals surface area (Å²) in [5.74, 6) is 1.70. The fraction of sp³-hybridized carbons (Fsp3) is 0.769. The van der Waals surface area contributed by atoms with E-state index in [1.807, 2.05) is 4.90 Å². The molecule has 16 heavy (non-hydrogen) atoms. The van der Waals surface area contributed by atoms with Crippen LogP contribution in [0.5, 0.6) is 0 Å². The molecule has 1 atom stereocenters. The highest BCUT2D eigenvalue weighted by Crippen LogP contribution is 2.22. The lowest BCUT2D eigenvalue weighted by Gasteiger charge is -2.21.